The average Bonchev–Trinajstić information content (AvgIpc) is 2.61. The molecule has 0 spiro atoms. The van der Waals surface area contributed by atoms with Crippen LogP contribution in [-0.2, 0) is 14.8 Å². The summed E-state index contributed by atoms with van der Waals surface area (Å²) in [6.07, 6.45) is 0.191. The summed E-state index contributed by atoms with van der Waals surface area (Å²) in [5.74, 6) is -0.552. The Balaban J connectivity index is 2.18. The standard InChI is InChI=1S/C11H12BrClN2O3S/c12-9-4-8(1-2-10(9)13)15-5-7(3-11(15)16)6-19(14,17)18/h1-2,4,7H,3,5-6H2,(H2,14,17,18). The van der Waals surface area contributed by atoms with Gasteiger partial charge in [-0.25, -0.2) is 13.6 Å². The lowest BCUT2D eigenvalue weighted by molar-refractivity contribution is -0.117. The molecule has 8 heteroatoms. The van der Waals surface area contributed by atoms with Crippen molar-refractivity contribution in [1.82, 2.24) is 0 Å². The maximum atomic E-state index is 11.9. The number of nitrogens with zero attached hydrogens (tertiary/aromatic N) is 1. The molecule has 2 rings (SSSR count). The number of anilines is 1. The van der Waals surface area contributed by atoms with E-state index in [1.165, 1.54) is 0 Å². The molecule has 1 aromatic carbocycles. The first kappa shape index (κ1) is 14.8. The summed E-state index contributed by atoms with van der Waals surface area (Å²) in [5, 5.41) is 5.56. The van der Waals surface area contributed by atoms with Gasteiger partial charge in [0.1, 0.15) is 0 Å². The van der Waals surface area contributed by atoms with Crippen LogP contribution >= 0.6 is 27.5 Å². The van der Waals surface area contributed by atoms with Crippen molar-refractivity contribution in [3.63, 3.8) is 0 Å². The summed E-state index contributed by atoms with van der Waals surface area (Å²) >= 11 is 9.18. The fourth-order valence-electron chi connectivity index (χ4n) is 2.12. The van der Waals surface area contributed by atoms with Crippen LogP contribution in [0, 0.1) is 5.92 Å². The second kappa shape index (κ2) is 5.40. The van der Waals surface area contributed by atoms with Crippen molar-refractivity contribution in [2.45, 2.75) is 6.42 Å². The Labute approximate surface area is 124 Å². The third-order valence-electron chi connectivity index (χ3n) is 2.89. The molecule has 1 saturated heterocycles. The molecule has 1 aliphatic rings. The van der Waals surface area contributed by atoms with Crippen LogP contribution in [0.4, 0.5) is 5.69 Å². The Morgan fingerprint density at radius 1 is 1.47 bits per heavy atom. The SMILES string of the molecule is NS(=O)(=O)CC1CC(=O)N(c2ccc(Cl)c(Br)c2)C1. The predicted molar refractivity (Wildman–Crippen MR) is 77.6 cm³/mol. The summed E-state index contributed by atoms with van der Waals surface area (Å²) in [4.78, 5) is 13.5. The Morgan fingerprint density at radius 2 is 2.16 bits per heavy atom. The van der Waals surface area contributed by atoms with Gasteiger partial charge in [0.05, 0.1) is 10.8 Å². The van der Waals surface area contributed by atoms with E-state index in [4.69, 9.17) is 16.7 Å². The van der Waals surface area contributed by atoms with Gasteiger partial charge in [-0.15, -0.1) is 0 Å². The fourth-order valence-corrected chi connectivity index (χ4v) is 3.49. The summed E-state index contributed by atoms with van der Waals surface area (Å²) in [6, 6.07) is 5.14. The lowest BCUT2D eigenvalue weighted by Gasteiger charge is -2.17. The summed E-state index contributed by atoms with van der Waals surface area (Å²) in [6.45, 7) is 0.351. The van der Waals surface area contributed by atoms with Crippen LogP contribution < -0.4 is 10.0 Å². The first-order valence-electron chi connectivity index (χ1n) is 5.52. The number of sulfonamides is 1. The van der Waals surface area contributed by atoms with E-state index in [1.807, 2.05) is 0 Å². The number of carbonyl (C=O) groups excluding carboxylic acids is 1. The minimum atomic E-state index is -3.56. The number of halogens is 2. The third-order valence-corrected chi connectivity index (χ3v) is 5.04. The number of carbonyl (C=O) groups is 1. The van der Waals surface area contributed by atoms with Crippen molar-refractivity contribution < 1.29 is 13.2 Å². The maximum Gasteiger partial charge on any atom is 0.227 e. The Morgan fingerprint density at radius 3 is 2.74 bits per heavy atom. The van der Waals surface area contributed by atoms with E-state index in [0.29, 0.717) is 21.7 Å². The normalized spacial score (nSPS) is 20.1. The van der Waals surface area contributed by atoms with Crippen LogP contribution in [0.5, 0.6) is 0 Å². The average molecular weight is 368 g/mol. The number of hydrogen-bond acceptors (Lipinski definition) is 3. The van der Waals surface area contributed by atoms with Crippen LogP contribution in [0.2, 0.25) is 5.02 Å². The van der Waals surface area contributed by atoms with Gasteiger partial charge >= 0.3 is 0 Å². The van der Waals surface area contributed by atoms with E-state index >= 15 is 0 Å². The highest BCUT2D eigenvalue weighted by molar-refractivity contribution is 9.10. The van der Waals surface area contributed by atoms with E-state index in [1.54, 1.807) is 23.1 Å². The van der Waals surface area contributed by atoms with Gasteiger partial charge in [0.2, 0.25) is 15.9 Å². The van der Waals surface area contributed by atoms with Crippen molar-refractivity contribution in [2.75, 3.05) is 17.2 Å². The van der Waals surface area contributed by atoms with Crippen molar-refractivity contribution >= 4 is 49.1 Å². The van der Waals surface area contributed by atoms with E-state index in [9.17, 15) is 13.2 Å². The van der Waals surface area contributed by atoms with E-state index in [0.717, 1.165) is 0 Å². The highest BCUT2D eigenvalue weighted by Crippen LogP contribution is 2.31. The molecule has 1 amide bonds. The van der Waals surface area contributed by atoms with E-state index in [2.05, 4.69) is 15.9 Å². The van der Waals surface area contributed by atoms with Crippen molar-refractivity contribution in [1.29, 1.82) is 0 Å². The summed E-state index contributed by atoms with van der Waals surface area (Å²) < 4.78 is 22.8. The quantitative estimate of drug-likeness (QED) is 0.883. The molecule has 0 bridgehead atoms. The van der Waals surface area contributed by atoms with Crippen LogP contribution in [0.15, 0.2) is 22.7 Å². The predicted octanol–water partition coefficient (Wildman–Crippen LogP) is 1.74. The van der Waals surface area contributed by atoms with Gasteiger partial charge in [0, 0.05) is 29.0 Å². The molecule has 0 aliphatic carbocycles. The van der Waals surface area contributed by atoms with Crippen LogP contribution in [0.3, 0.4) is 0 Å². The van der Waals surface area contributed by atoms with Gasteiger partial charge in [0.15, 0.2) is 0 Å². The monoisotopic (exact) mass is 366 g/mol. The van der Waals surface area contributed by atoms with Gasteiger partial charge in [0.25, 0.3) is 0 Å². The molecular formula is C11H12BrClN2O3S. The fraction of sp³-hybridized carbons (Fsp3) is 0.364. The smallest absolute Gasteiger partial charge is 0.227 e. The molecular weight excluding hydrogens is 356 g/mol. The zero-order valence-electron chi connectivity index (χ0n) is 9.84. The minimum absolute atomic E-state index is 0.108. The molecule has 5 nitrogen and oxygen atoms in total. The minimum Gasteiger partial charge on any atom is -0.312 e. The molecule has 1 heterocycles. The lowest BCUT2D eigenvalue weighted by Crippen LogP contribution is -2.27. The van der Waals surface area contributed by atoms with Crippen LogP contribution in [0.25, 0.3) is 0 Å². The van der Waals surface area contributed by atoms with Crippen molar-refractivity contribution in [2.24, 2.45) is 11.1 Å². The Kier molecular flexibility index (Phi) is 4.20. The van der Waals surface area contributed by atoms with Crippen molar-refractivity contribution in [3.8, 4) is 0 Å². The third kappa shape index (κ3) is 3.68. The van der Waals surface area contributed by atoms with Crippen LogP contribution in [-0.4, -0.2) is 26.6 Å². The molecule has 0 aromatic heterocycles. The van der Waals surface area contributed by atoms with Crippen LogP contribution in [0.1, 0.15) is 6.42 Å². The number of primary sulfonamides is 1. The number of rotatable bonds is 3. The topological polar surface area (TPSA) is 80.5 Å². The second-order valence-corrected chi connectivity index (χ2v) is 7.42. The molecule has 1 aliphatic heterocycles. The molecule has 1 aromatic rings. The van der Waals surface area contributed by atoms with Gasteiger partial charge in [-0.3, -0.25) is 4.79 Å². The van der Waals surface area contributed by atoms with Gasteiger partial charge in [-0.05, 0) is 34.1 Å². The van der Waals surface area contributed by atoms with E-state index in [-0.39, 0.29) is 24.0 Å². The maximum absolute atomic E-state index is 11.9. The number of nitrogens with two attached hydrogens (primary N) is 1. The molecule has 19 heavy (non-hydrogen) atoms. The zero-order chi connectivity index (χ0) is 14.2. The molecule has 1 unspecified atom stereocenters. The zero-order valence-corrected chi connectivity index (χ0v) is 13.0. The largest absolute Gasteiger partial charge is 0.312 e. The number of amides is 1. The molecule has 2 N–H and O–H groups in total. The number of hydrogen-bond donors (Lipinski definition) is 1. The molecule has 104 valence electrons. The van der Waals surface area contributed by atoms with Gasteiger partial charge in [-0.1, -0.05) is 11.6 Å². The highest BCUT2D eigenvalue weighted by atomic mass is 79.9. The molecule has 1 atom stereocenters. The number of benzene rings is 1. The van der Waals surface area contributed by atoms with Gasteiger partial charge in [-0.2, -0.15) is 0 Å². The van der Waals surface area contributed by atoms with Gasteiger partial charge < -0.3 is 4.90 Å². The Bertz CT molecular complexity index is 620. The lowest BCUT2D eigenvalue weighted by atomic mass is 10.1. The first-order chi connectivity index (χ1) is 8.76. The highest BCUT2D eigenvalue weighted by Gasteiger charge is 2.32. The Hall–Kier alpha value is -0.630. The molecule has 1 fully saturated rings. The van der Waals surface area contributed by atoms with Crippen molar-refractivity contribution in [3.05, 3.63) is 27.7 Å². The summed E-state index contributed by atoms with van der Waals surface area (Å²) in [7, 11) is -3.56. The first-order valence-corrected chi connectivity index (χ1v) is 8.41. The summed E-state index contributed by atoms with van der Waals surface area (Å²) in [5.41, 5.74) is 0.693. The second-order valence-electron chi connectivity index (χ2n) is 4.50. The molecule has 0 saturated carbocycles. The molecule has 0 radical (unpaired) electrons. The van der Waals surface area contributed by atoms with E-state index < -0.39 is 10.0 Å².